The van der Waals surface area contributed by atoms with Crippen LogP contribution in [0.25, 0.3) is 0 Å². The minimum atomic E-state index is -4.71. The largest absolute Gasteiger partial charge is 0.469 e. The molecule has 11 heteroatoms. The first-order chi connectivity index (χ1) is 10.8. The molecule has 1 fully saturated rings. The number of aromatic nitrogens is 2. The van der Waals surface area contributed by atoms with Crippen LogP contribution in [0.4, 0.5) is 4.79 Å². The van der Waals surface area contributed by atoms with E-state index in [1.165, 1.54) is 9.47 Å². The molecular formula is C12H18N3O7P. The van der Waals surface area contributed by atoms with Gasteiger partial charge in [0.05, 0.1) is 6.61 Å². The van der Waals surface area contributed by atoms with Gasteiger partial charge in [0.2, 0.25) is 0 Å². The van der Waals surface area contributed by atoms with Crippen molar-refractivity contribution in [2.45, 2.75) is 37.7 Å². The molecule has 2 aliphatic heterocycles. The lowest BCUT2D eigenvalue weighted by atomic mass is 10.1. The third-order valence-corrected chi connectivity index (χ3v) is 4.56. The second kappa shape index (κ2) is 5.97. The van der Waals surface area contributed by atoms with E-state index in [-0.39, 0.29) is 18.4 Å². The van der Waals surface area contributed by atoms with Crippen LogP contribution in [0, 0.1) is 0 Å². The Morgan fingerprint density at radius 1 is 1.52 bits per heavy atom. The van der Waals surface area contributed by atoms with Gasteiger partial charge in [-0.05, 0) is 0 Å². The van der Waals surface area contributed by atoms with Crippen molar-refractivity contribution in [3.05, 3.63) is 18.2 Å². The van der Waals surface area contributed by atoms with Crippen molar-refractivity contribution in [1.82, 2.24) is 14.5 Å². The number of imidazole rings is 1. The molecule has 0 bridgehead atoms. The van der Waals surface area contributed by atoms with Crippen molar-refractivity contribution < 1.29 is 33.5 Å². The molecule has 1 saturated heterocycles. The highest BCUT2D eigenvalue weighted by molar-refractivity contribution is 7.46. The van der Waals surface area contributed by atoms with Gasteiger partial charge in [-0.25, -0.2) is 14.3 Å². The number of aliphatic hydroxyl groups excluding tert-OH is 1. The van der Waals surface area contributed by atoms with Crippen LogP contribution in [0.5, 0.6) is 0 Å². The zero-order valence-corrected chi connectivity index (χ0v) is 13.2. The van der Waals surface area contributed by atoms with Gasteiger partial charge < -0.3 is 19.6 Å². The molecular weight excluding hydrogens is 329 g/mol. The second-order valence-corrected chi connectivity index (χ2v) is 6.87. The first-order valence-electron chi connectivity index (χ1n) is 7.14. The highest BCUT2D eigenvalue weighted by Crippen LogP contribution is 2.42. The fourth-order valence-corrected chi connectivity index (χ4v) is 3.59. The number of hydrogen-bond acceptors (Lipinski definition) is 6. The monoisotopic (exact) mass is 347 g/mol. The predicted molar refractivity (Wildman–Crippen MR) is 75.4 cm³/mol. The Morgan fingerprint density at radius 3 is 2.91 bits per heavy atom. The molecule has 0 aliphatic carbocycles. The number of phosphoric ester groups is 1. The Bertz CT molecular complexity index is 644. The molecule has 0 radical (unpaired) electrons. The standard InChI is InChI=1S/C12H18N3O7P/c1-7-5-15(12(17)14-3-2-13-11(7)14)10-4-8(9(6-16)21-10)22-23(18,19)20/h2-3,7-10,16H,4-6H2,1H3,(H2,18,19,20)/t7?,8-,9+,10+/m0/s1. The van der Waals surface area contributed by atoms with Gasteiger partial charge in [-0.2, -0.15) is 0 Å². The van der Waals surface area contributed by atoms with Gasteiger partial charge in [-0.15, -0.1) is 0 Å². The summed E-state index contributed by atoms with van der Waals surface area (Å²) >= 11 is 0. The van der Waals surface area contributed by atoms with Gasteiger partial charge in [0.25, 0.3) is 0 Å². The number of rotatable bonds is 4. The minimum absolute atomic E-state index is 0.0133. The van der Waals surface area contributed by atoms with Crippen LogP contribution in [0.1, 0.15) is 25.1 Å². The third-order valence-electron chi connectivity index (χ3n) is 4.01. The third kappa shape index (κ3) is 3.18. The number of hydrogen-bond donors (Lipinski definition) is 3. The highest BCUT2D eigenvalue weighted by Gasteiger charge is 2.45. The van der Waals surface area contributed by atoms with E-state index < -0.39 is 32.9 Å². The lowest BCUT2D eigenvalue weighted by Gasteiger charge is -2.35. The summed E-state index contributed by atoms with van der Waals surface area (Å²) in [7, 11) is -4.71. The molecule has 0 spiro atoms. The van der Waals surface area contributed by atoms with Crippen LogP contribution in [-0.2, 0) is 13.8 Å². The van der Waals surface area contributed by atoms with Gasteiger partial charge in [-0.1, -0.05) is 6.92 Å². The molecule has 3 rings (SSSR count). The molecule has 1 aromatic heterocycles. The topological polar surface area (TPSA) is 134 Å². The maximum atomic E-state index is 12.5. The van der Waals surface area contributed by atoms with Gasteiger partial charge in [0, 0.05) is 31.3 Å². The van der Waals surface area contributed by atoms with Gasteiger partial charge in [-0.3, -0.25) is 14.0 Å². The fourth-order valence-electron chi connectivity index (χ4n) is 3.02. The Labute approximate surface area is 131 Å². The molecule has 1 unspecified atom stereocenters. The van der Waals surface area contributed by atoms with Gasteiger partial charge in [0.1, 0.15) is 24.3 Å². The minimum Gasteiger partial charge on any atom is -0.394 e. The molecule has 128 valence electrons. The fraction of sp³-hybridized carbons (Fsp3) is 0.667. The summed E-state index contributed by atoms with van der Waals surface area (Å²) in [6.45, 7) is 1.82. The maximum Gasteiger partial charge on any atom is 0.469 e. The molecule has 10 nitrogen and oxygen atoms in total. The predicted octanol–water partition coefficient (Wildman–Crippen LogP) is -0.145. The Balaban J connectivity index is 1.78. The lowest BCUT2D eigenvalue weighted by Crippen LogP contribution is -2.48. The van der Waals surface area contributed by atoms with E-state index in [0.717, 1.165) is 0 Å². The van der Waals surface area contributed by atoms with Gasteiger partial charge >= 0.3 is 13.9 Å². The number of ether oxygens (including phenoxy) is 1. The van der Waals surface area contributed by atoms with Crippen molar-refractivity contribution in [1.29, 1.82) is 0 Å². The zero-order valence-electron chi connectivity index (χ0n) is 12.3. The molecule has 1 aromatic rings. The number of carbonyl (C=O) groups excluding carboxylic acids is 1. The molecule has 3 heterocycles. The second-order valence-electron chi connectivity index (χ2n) is 5.67. The molecule has 0 saturated carbocycles. The number of nitrogens with zero attached hydrogens (tertiary/aromatic N) is 3. The zero-order chi connectivity index (χ0) is 16.8. The van der Waals surface area contributed by atoms with E-state index in [9.17, 15) is 14.5 Å². The van der Waals surface area contributed by atoms with Crippen LogP contribution in [-0.4, -0.2) is 67.0 Å². The summed E-state index contributed by atoms with van der Waals surface area (Å²) in [4.78, 5) is 36.0. The van der Waals surface area contributed by atoms with Crippen molar-refractivity contribution in [2.24, 2.45) is 0 Å². The van der Waals surface area contributed by atoms with E-state index in [1.807, 2.05) is 6.92 Å². The highest BCUT2D eigenvalue weighted by atomic mass is 31.2. The summed E-state index contributed by atoms with van der Waals surface area (Å²) in [5.41, 5.74) is 0. The van der Waals surface area contributed by atoms with Gasteiger partial charge in [0.15, 0.2) is 0 Å². The normalized spacial score (nSPS) is 31.5. The van der Waals surface area contributed by atoms with Crippen LogP contribution in [0.15, 0.2) is 12.4 Å². The smallest absolute Gasteiger partial charge is 0.394 e. The molecule has 23 heavy (non-hydrogen) atoms. The first kappa shape index (κ1) is 16.6. The number of phosphoric acid groups is 1. The number of carbonyl (C=O) groups is 1. The Morgan fingerprint density at radius 2 is 2.26 bits per heavy atom. The molecule has 0 aromatic carbocycles. The van der Waals surface area contributed by atoms with E-state index in [1.54, 1.807) is 12.4 Å². The van der Waals surface area contributed by atoms with Crippen molar-refractivity contribution in [3.63, 3.8) is 0 Å². The first-order valence-corrected chi connectivity index (χ1v) is 8.67. The number of aliphatic hydroxyl groups is 1. The summed E-state index contributed by atoms with van der Waals surface area (Å²) in [5.74, 6) is 0.645. The van der Waals surface area contributed by atoms with Crippen molar-refractivity contribution in [3.8, 4) is 0 Å². The summed E-state index contributed by atoms with van der Waals surface area (Å²) in [6, 6.07) is -0.325. The number of fused-ring (bicyclic) bond motifs is 1. The van der Waals surface area contributed by atoms with E-state index in [2.05, 4.69) is 9.51 Å². The average Bonchev–Trinajstić information content (AvgIpc) is 3.08. The SMILES string of the molecule is CC1CN([C@H]2C[C@H](OP(=O)(O)O)[C@@H](CO)O2)C(=O)n2ccnc21. The molecule has 2 aliphatic rings. The van der Waals surface area contributed by atoms with Crippen LogP contribution >= 0.6 is 7.82 Å². The van der Waals surface area contributed by atoms with E-state index in [0.29, 0.717) is 12.4 Å². The quantitative estimate of drug-likeness (QED) is 0.641. The summed E-state index contributed by atoms with van der Waals surface area (Å²) in [5, 5.41) is 9.32. The van der Waals surface area contributed by atoms with Crippen LogP contribution < -0.4 is 0 Å². The van der Waals surface area contributed by atoms with Crippen molar-refractivity contribution in [2.75, 3.05) is 13.2 Å². The average molecular weight is 347 g/mol. The lowest BCUT2D eigenvalue weighted by molar-refractivity contribution is -0.0662. The summed E-state index contributed by atoms with van der Waals surface area (Å²) in [6.07, 6.45) is 0.549. The summed E-state index contributed by atoms with van der Waals surface area (Å²) < 4.78 is 22.7. The maximum absolute atomic E-state index is 12.5. The number of amides is 1. The van der Waals surface area contributed by atoms with E-state index in [4.69, 9.17) is 14.5 Å². The molecule has 4 atom stereocenters. The Kier molecular flexibility index (Phi) is 4.30. The molecule has 3 N–H and O–H groups in total. The van der Waals surface area contributed by atoms with E-state index >= 15 is 0 Å². The van der Waals surface area contributed by atoms with Crippen molar-refractivity contribution >= 4 is 13.9 Å². The molecule has 1 amide bonds. The van der Waals surface area contributed by atoms with Crippen LogP contribution in [0.2, 0.25) is 0 Å². The Hall–Kier alpha value is -1.29. The van der Waals surface area contributed by atoms with Crippen LogP contribution in [0.3, 0.4) is 0 Å².